The minimum absolute atomic E-state index is 0.103. The fourth-order valence-electron chi connectivity index (χ4n) is 5.03. The fraction of sp³-hybridized carbons (Fsp3) is 0.250. The van der Waals surface area contributed by atoms with Crippen LogP contribution in [0.5, 0.6) is 5.75 Å². The number of halogens is 1. The normalized spacial score (nSPS) is 20.1. The third-order valence-corrected chi connectivity index (χ3v) is 8.76. The molecule has 0 fully saturated rings. The number of non-ortho nitro benzene ring substituents is 1. The third-order valence-electron chi connectivity index (χ3n) is 6.89. The van der Waals surface area contributed by atoms with Crippen LogP contribution in [0.15, 0.2) is 65.6 Å². The number of benzene rings is 3. The molecule has 5 rings (SSSR count). The molecule has 2 heterocycles. The molecule has 8 nitrogen and oxygen atoms in total. The van der Waals surface area contributed by atoms with Gasteiger partial charge < -0.3 is 9.64 Å². The molecule has 0 radical (unpaired) electrons. The first-order chi connectivity index (χ1) is 16.0. The van der Waals surface area contributed by atoms with Crippen LogP contribution in [-0.4, -0.2) is 26.1 Å². The Hall–Kier alpha value is -3.30. The summed E-state index contributed by atoms with van der Waals surface area (Å²) in [6.45, 7) is 4.30. The van der Waals surface area contributed by atoms with Crippen molar-refractivity contribution in [3.8, 4) is 5.75 Å². The zero-order valence-corrected chi connectivity index (χ0v) is 20.3. The average molecular weight is 500 g/mol. The summed E-state index contributed by atoms with van der Waals surface area (Å²) in [5.74, 6) is 0.684. The highest BCUT2D eigenvalue weighted by Crippen LogP contribution is 2.56. The van der Waals surface area contributed by atoms with Gasteiger partial charge in [0.1, 0.15) is 10.6 Å². The number of ether oxygens (including phenoxy) is 1. The maximum atomic E-state index is 13.0. The standard InChI is InChI=1S/C24H22ClN3O5S/c1-23(2)18-6-4-5-7-20(18)27(3)24(23)14-15-12-16(8-11-21(15)33-24)26-34(31,32)22-13-17(28(29)30)9-10-19(22)25/h4-13,26H,14H2,1-3H3/t24-/m1/s1. The second kappa shape index (κ2) is 7.35. The summed E-state index contributed by atoms with van der Waals surface area (Å²) in [6, 6.07) is 16.6. The number of para-hydroxylation sites is 1. The zero-order valence-electron chi connectivity index (χ0n) is 18.7. The fourth-order valence-corrected chi connectivity index (χ4v) is 6.60. The Morgan fingerprint density at radius 1 is 1.12 bits per heavy atom. The number of nitro benzene ring substituents is 1. The highest BCUT2D eigenvalue weighted by molar-refractivity contribution is 7.92. The Kier molecular flexibility index (Phi) is 4.86. The molecule has 0 saturated carbocycles. The Labute approximate surface area is 202 Å². The summed E-state index contributed by atoms with van der Waals surface area (Å²) in [6.07, 6.45) is 0.549. The smallest absolute Gasteiger partial charge is 0.270 e. The number of rotatable bonds is 4. The summed E-state index contributed by atoms with van der Waals surface area (Å²) in [5, 5.41) is 11.0. The van der Waals surface area contributed by atoms with Crippen molar-refractivity contribution in [2.24, 2.45) is 0 Å². The van der Waals surface area contributed by atoms with E-state index in [4.69, 9.17) is 16.3 Å². The largest absolute Gasteiger partial charge is 0.466 e. The van der Waals surface area contributed by atoms with Crippen molar-refractivity contribution < 1.29 is 18.1 Å². The van der Waals surface area contributed by atoms with Gasteiger partial charge in [-0.25, -0.2) is 8.42 Å². The van der Waals surface area contributed by atoms with E-state index in [0.717, 1.165) is 23.4 Å². The van der Waals surface area contributed by atoms with Crippen molar-refractivity contribution in [2.75, 3.05) is 16.7 Å². The average Bonchev–Trinajstić information content (AvgIpc) is 3.25. The summed E-state index contributed by atoms with van der Waals surface area (Å²) >= 11 is 6.05. The van der Waals surface area contributed by atoms with E-state index in [1.807, 2.05) is 19.2 Å². The van der Waals surface area contributed by atoms with Gasteiger partial charge in [-0.05, 0) is 49.7 Å². The highest BCUT2D eigenvalue weighted by Gasteiger charge is 2.60. The lowest BCUT2D eigenvalue weighted by molar-refractivity contribution is -0.385. The number of sulfonamides is 1. The van der Waals surface area contributed by atoms with Crippen LogP contribution in [-0.2, 0) is 21.9 Å². The number of nitrogens with zero attached hydrogens (tertiary/aromatic N) is 2. The van der Waals surface area contributed by atoms with Crippen LogP contribution in [0.4, 0.5) is 17.1 Å². The lowest BCUT2D eigenvalue weighted by Gasteiger charge is -2.42. The first-order valence-electron chi connectivity index (χ1n) is 10.6. The van der Waals surface area contributed by atoms with Gasteiger partial charge in [0.2, 0.25) is 0 Å². The molecule has 3 aromatic rings. The maximum Gasteiger partial charge on any atom is 0.270 e. The molecule has 1 spiro atoms. The predicted molar refractivity (Wildman–Crippen MR) is 130 cm³/mol. The van der Waals surface area contributed by atoms with Gasteiger partial charge in [0, 0.05) is 42.5 Å². The quantitative estimate of drug-likeness (QED) is 0.395. The molecular formula is C24H22ClN3O5S. The van der Waals surface area contributed by atoms with Crippen LogP contribution < -0.4 is 14.4 Å². The lowest BCUT2D eigenvalue weighted by Crippen LogP contribution is -2.58. The van der Waals surface area contributed by atoms with Gasteiger partial charge in [-0.1, -0.05) is 29.8 Å². The van der Waals surface area contributed by atoms with Gasteiger partial charge in [-0.15, -0.1) is 0 Å². The number of hydrogen-bond acceptors (Lipinski definition) is 6. The van der Waals surface area contributed by atoms with E-state index in [-0.39, 0.29) is 21.0 Å². The van der Waals surface area contributed by atoms with Crippen molar-refractivity contribution in [3.63, 3.8) is 0 Å². The highest BCUT2D eigenvalue weighted by atomic mass is 35.5. The number of fused-ring (bicyclic) bond motifs is 2. The van der Waals surface area contributed by atoms with Crippen LogP contribution in [0, 0.1) is 10.1 Å². The van der Waals surface area contributed by atoms with Crippen molar-refractivity contribution in [1.82, 2.24) is 0 Å². The van der Waals surface area contributed by atoms with E-state index in [1.165, 1.54) is 11.6 Å². The molecule has 10 heteroatoms. The van der Waals surface area contributed by atoms with E-state index in [9.17, 15) is 18.5 Å². The molecule has 34 heavy (non-hydrogen) atoms. The molecule has 176 valence electrons. The molecule has 3 aromatic carbocycles. The Balaban J connectivity index is 1.47. The molecule has 0 aromatic heterocycles. The Bertz CT molecular complexity index is 1460. The van der Waals surface area contributed by atoms with E-state index in [1.54, 1.807) is 18.2 Å². The van der Waals surface area contributed by atoms with Crippen LogP contribution in [0.2, 0.25) is 5.02 Å². The van der Waals surface area contributed by atoms with Gasteiger partial charge >= 0.3 is 0 Å². The van der Waals surface area contributed by atoms with Crippen molar-refractivity contribution in [3.05, 3.63) is 86.9 Å². The van der Waals surface area contributed by atoms with Gasteiger partial charge in [-0.3, -0.25) is 14.8 Å². The molecule has 1 atom stereocenters. The number of likely N-dealkylation sites (N-methyl/N-ethyl adjacent to an activating group) is 1. The number of nitro groups is 1. The molecule has 0 amide bonds. The van der Waals surface area contributed by atoms with Gasteiger partial charge in [0.15, 0.2) is 5.72 Å². The SMILES string of the molecule is CN1c2ccccc2C(C)(C)[C@]12Cc1cc(NS(=O)(=O)c3cc([N+](=O)[O-])ccc3Cl)ccc1O2. The number of hydrogen-bond donors (Lipinski definition) is 1. The van der Waals surface area contributed by atoms with E-state index >= 15 is 0 Å². The van der Waals surface area contributed by atoms with Crippen LogP contribution >= 0.6 is 11.6 Å². The summed E-state index contributed by atoms with van der Waals surface area (Å²) in [7, 11) is -2.15. The van der Waals surface area contributed by atoms with Crippen molar-refractivity contribution in [1.29, 1.82) is 0 Å². The topological polar surface area (TPSA) is 102 Å². The van der Waals surface area contributed by atoms with E-state index in [0.29, 0.717) is 17.9 Å². The van der Waals surface area contributed by atoms with Crippen LogP contribution in [0.3, 0.4) is 0 Å². The minimum Gasteiger partial charge on any atom is -0.466 e. The van der Waals surface area contributed by atoms with Crippen LogP contribution in [0.25, 0.3) is 0 Å². The summed E-state index contributed by atoms with van der Waals surface area (Å²) < 4.78 is 35.0. The number of anilines is 2. The van der Waals surface area contributed by atoms with E-state index in [2.05, 4.69) is 35.6 Å². The molecule has 2 aliphatic rings. The van der Waals surface area contributed by atoms with Crippen LogP contribution in [0.1, 0.15) is 25.0 Å². The molecule has 0 unspecified atom stereocenters. The second-order valence-electron chi connectivity index (χ2n) is 9.06. The van der Waals surface area contributed by atoms with Crippen molar-refractivity contribution in [2.45, 2.75) is 36.3 Å². The molecule has 0 saturated heterocycles. The lowest BCUT2D eigenvalue weighted by atomic mass is 9.76. The van der Waals surface area contributed by atoms with Gasteiger partial charge in [0.25, 0.3) is 15.7 Å². The first kappa shape index (κ1) is 22.5. The Morgan fingerprint density at radius 3 is 2.56 bits per heavy atom. The number of nitrogens with one attached hydrogen (secondary N) is 1. The monoisotopic (exact) mass is 499 g/mol. The predicted octanol–water partition coefficient (Wildman–Crippen LogP) is 5.11. The van der Waals surface area contributed by atoms with E-state index < -0.39 is 20.7 Å². The molecule has 0 bridgehead atoms. The van der Waals surface area contributed by atoms with Crippen molar-refractivity contribution >= 4 is 38.7 Å². The summed E-state index contributed by atoms with van der Waals surface area (Å²) in [5.41, 5.74) is 2.12. The zero-order chi connectivity index (χ0) is 24.5. The molecule has 2 aliphatic heterocycles. The first-order valence-corrected chi connectivity index (χ1v) is 12.4. The maximum absolute atomic E-state index is 13.0. The van der Waals surface area contributed by atoms with Gasteiger partial charge in [0.05, 0.1) is 15.4 Å². The molecular weight excluding hydrogens is 478 g/mol. The molecule has 1 N–H and O–H groups in total. The summed E-state index contributed by atoms with van der Waals surface area (Å²) in [4.78, 5) is 12.2. The minimum atomic E-state index is -4.16. The Morgan fingerprint density at radius 2 is 1.85 bits per heavy atom. The molecule has 0 aliphatic carbocycles. The second-order valence-corrected chi connectivity index (χ2v) is 11.1. The third kappa shape index (κ3) is 3.14. The van der Waals surface area contributed by atoms with Gasteiger partial charge in [-0.2, -0.15) is 0 Å².